The van der Waals surface area contributed by atoms with E-state index in [0.717, 1.165) is 5.52 Å². The summed E-state index contributed by atoms with van der Waals surface area (Å²) in [5.74, 6) is 3.13. The van der Waals surface area contributed by atoms with Gasteiger partial charge in [-0.15, -0.1) is 0 Å². The minimum absolute atomic E-state index is 0.529. The highest BCUT2D eigenvalue weighted by Crippen LogP contribution is 2.32. The van der Waals surface area contributed by atoms with Gasteiger partial charge in [-0.3, -0.25) is 0 Å². The monoisotopic (exact) mass is 359 g/mol. The lowest BCUT2D eigenvalue weighted by Gasteiger charge is -2.24. The molecule has 2 N–H and O–H groups in total. The Morgan fingerprint density at radius 1 is 1.35 bits per heavy atom. The van der Waals surface area contributed by atoms with E-state index < -0.39 is 0 Å². The van der Waals surface area contributed by atoms with E-state index in [-0.39, 0.29) is 0 Å². The highest BCUT2D eigenvalue weighted by Gasteiger charge is 2.20. The number of imidazole rings is 1. The molecule has 1 aliphatic rings. The number of anilines is 1. The minimum atomic E-state index is 0.529. The molecule has 2 heterocycles. The first-order chi connectivity index (χ1) is 8.25. The summed E-state index contributed by atoms with van der Waals surface area (Å²) in [5, 5.41) is 0. The molecule has 90 valence electrons. The van der Waals surface area contributed by atoms with Gasteiger partial charge in [-0.2, -0.15) is 11.8 Å². The van der Waals surface area contributed by atoms with Gasteiger partial charge in [0.05, 0.1) is 11.0 Å². The summed E-state index contributed by atoms with van der Waals surface area (Å²) >= 11 is 4.34. The molecule has 0 saturated carbocycles. The van der Waals surface area contributed by atoms with Crippen LogP contribution in [-0.2, 0) is 0 Å². The Labute approximate surface area is 118 Å². The average Bonchev–Trinajstić information content (AvgIpc) is 2.65. The summed E-state index contributed by atoms with van der Waals surface area (Å²) in [6.07, 6.45) is 2.40. The third-order valence-corrected chi connectivity index (χ3v) is 4.95. The first kappa shape index (κ1) is 11.6. The fraction of sp³-hybridized carbons (Fsp3) is 0.417. The third kappa shape index (κ3) is 2.14. The Morgan fingerprint density at radius 2 is 2.12 bits per heavy atom. The maximum atomic E-state index is 6.08. The zero-order valence-electron chi connectivity index (χ0n) is 9.40. The van der Waals surface area contributed by atoms with Crippen LogP contribution in [0.2, 0.25) is 0 Å². The van der Waals surface area contributed by atoms with E-state index in [9.17, 15) is 0 Å². The van der Waals surface area contributed by atoms with Gasteiger partial charge in [-0.1, -0.05) is 0 Å². The van der Waals surface area contributed by atoms with Crippen LogP contribution in [0.3, 0.4) is 0 Å². The molecule has 0 aliphatic carbocycles. The molecule has 0 spiro atoms. The second kappa shape index (κ2) is 4.68. The maximum absolute atomic E-state index is 6.08. The fourth-order valence-corrected chi connectivity index (χ4v) is 3.97. The molecule has 1 fully saturated rings. The lowest BCUT2D eigenvalue weighted by Crippen LogP contribution is -2.16. The van der Waals surface area contributed by atoms with Gasteiger partial charge < -0.3 is 10.3 Å². The zero-order valence-corrected chi connectivity index (χ0v) is 12.4. The van der Waals surface area contributed by atoms with Gasteiger partial charge >= 0.3 is 0 Å². The minimum Gasteiger partial charge on any atom is -0.369 e. The van der Waals surface area contributed by atoms with Gasteiger partial charge in [-0.05, 0) is 65.1 Å². The smallest absolute Gasteiger partial charge is 0.201 e. The number of benzene rings is 1. The van der Waals surface area contributed by atoms with Crippen molar-refractivity contribution in [3.63, 3.8) is 0 Å². The third-order valence-electron chi connectivity index (χ3n) is 3.23. The normalized spacial score (nSPS) is 17.7. The summed E-state index contributed by atoms with van der Waals surface area (Å²) < 4.78 is 3.43. The standard InChI is InChI=1S/C12H14IN3S/c13-8-1-2-11-10(7-8)15-12(14)16(11)9-3-5-17-6-4-9/h1-2,7,9H,3-6H2,(H2,14,15). The number of hydrogen-bond donors (Lipinski definition) is 1. The number of rotatable bonds is 1. The van der Waals surface area contributed by atoms with E-state index in [2.05, 4.69) is 50.3 Å². The van der Waals surface area contributed by atoms with Crippen molar-refractivity contribution in [2.75, 3.05) is 17.2 Å². The number of nitrogens with zero attached hydrogens (tertiary/aromatic N) is 2. The van der Waals surface area contributed by atoms with Gasteiger partial charge in [0.15, 0.2) is 0 Å². The number of nitrogen functional groups attached to an aromatic ring is 1. The van der Waals surface area contributed by atoms with Crippen LogP contribution >= 0.6 is 34.4 Å². The largest absolute Gasteiger partial charge is 0.369 e. The molecule has 5 heteroatoms. The second-order valence-corrected chi connectivity index (χ2v) is 6.79. The van der Waals surface area contributed by atoms with Crippen molar-refractivity contribution in [2.45, 2.75) is 18.9 Å². The molecule has 3 nitrogen and oxygen atoms in total. The SMILES string of the molecule is Nc1nc2cc(I)ccc2n1C1CCSCC1. The molecule has 3 rings (SSSR count). The quantitative estimate of drug-likeness (QED) is 0.795. The van der Waals surface area contributed by atoms with E-state index in [4.69, 9.17) is 5.73 Å². The van der Waals surface area contributed by atoms with E-state index in [0.29, 0.717) is 12.0 Å². The van der Waals surface area contributed by atoms with Gasteiger partial charge in [-0.25, -0.2) is 4.98 Å². The molecule has 1 saturated heterocycles. The van der Waals surface area contributed by atoms with Gasteiger partial charge in [0, 0.05) is 9.61 Å². The summed E-state index contributed by atoms with van der Waals surface area (Å²) in [5.41, 5.74) is 8.28. The lowest BCUT2D eigenvalue weighted by molar-refractivity contribution is 0.487. The zero-order chi connectivity index (χ0) is 11.8. The number of hydrogen-bond acceptors (Lipinski definition) is 3. The maximum Gasteiger partial charge on any atom is 0.201 e. The number of halogens is 1. The molecular weight excluding hydrogens is 345 g/mol. The van der Waals surface area contributed by atoms with Crippen LogP contribution in [0.4, 0.5) is 5.95 Å². The van der Waals surface area contributed by atoms with Gasteiger partial charge in [0.1, 0.15) is 0 Å². The van der Waals surface area contributed by atoms with Crippen LogP contribution < -0.4 is 5.73 Å². The van der Waals surface area contributed by atoms with Crippen LogP contribution in [0.1, 0.15) is 18.9 Å². The second-order valence-electron chi connectivity index (χ2n) is 4.32. The average molecular weight is 359 g/mol. The molecule has 1 aromatic heterocycles. The highest BCUT2D eigenvalue weighted by atomic mass is 127. The number of fused-ring (bicyclic) bond motifs is 1. The first-order valence-corrected chi connectivity index (χ1v) is 8.00. The van der Waals surface area contributed by atoms with Crippen molar-refractivity contribution in [2.24, 2.45) is 0 Å². The van der Waals surface area contributed by atoms with E-state index in [1.807, 2.05) is 11.8 Å². The van der Waals surface area contributed by atoms with Crippen molar-refractivity contribution in [1.29, 1.82) is 0 Å². The van der Waals surface area contributed by atoms with Crippen LogP contribution in [0.15, 0.2) is 18.2 Å². The molecule has 1 aromatic carbocycles. The van der Waals surface area contributed by atoms with Crippen LogP contribution in [0.25, 0.3) is 11.0 Å². The Bertz CT molecular complexity index is 546. The molecule has 0 unspecified atom stereocenters. The molecule has 0 atom stereocenters. The molecule has 0 radical (unpaired) electrons. The summed E-state index contributed by atoms with van der Waals surface area (Å²) in [7, 11) is 0. The molecule has 0 amide bonds. The Hall–Kier alpha value is -0.430. The van der Waals surface area contributed by atoms with E-state index in [1.54, 1.807) is 0 Å². The molecular formula is C12H14IN3S. The van der Waals surface area contributed by atoms with Crippen molar-refractivity contribution in [3.05, 3.63) is 21.8 Å². The molecule has 1 aliphatic heterocycles. The summed E-state index contributed by atoms with van der Waals surface area (Å²) in [6.45, 7) is 0. The Morgan fingerprint density at radius 3 is 2.88 bits per heavy atom. The highest BCUT2D eigenvalue weighted by molar-refractivity contribution is 14.1. The van der Waals surface area contributed by atoms with Gasteiger partial charge in [0.2, 0.25) is 5.95 Å². The summed E-state index contributed by atoms with van der Waals surface area (Å²) in [6, 6.07) is 6.89. The number of aromatic nitrogens is 2. The number of nitrogens with two attached hydrogens (primary N) is 1. The molecule has 17 heavy (non-hydrogen) atoms. The Balaban J connectivity index is 2.11. The van der Waals surface area contributed by atoms with E-state index in [1.165, 1.54) is 33.4 Å². The van der Waals surface area contributed by atoms with Gasteiger partial charge in [0.25, 0.3) is 0 Å². The number of thioether (sulfide) groups is 1. The van der Waals surface area contributed by atoms with Crippen molar-refractivity contribution >= 4 is 51.3 Å². The summed E-state index contributed by atoms with van der Waals surface area (Å²) in [4.78, 5) is 4.48. The predicted molar refractivity (Wildman–Crippen MR) is 82.5 cm³/mol. The van der Waals surface area contributed by atoms with Crippen molar-refractivity contribution < 1.29 is 0 Å². The van der Waals surface area contributed by atoms with E-state index >= 15 is 0 Å². The van der Waals surface area contributed by atoms with Crippen LogP contribution in [0, 0.1) is 3.57 Å². The first-order valence-electron chi connectivity index (χ1n) is 5.76. The van der Waals surface area contributed by atoms with Crippen molar-refractivity contribution in [3.8, 4) is 0 Å². The van der Waals surface area contributed by atoms with Crippen LogP contribution in [0.5, 0.6) is 0 Å². The molecule has 2 aromatic rings. The fourth-order valence-electron chi connectivity index (χ4n) is 2.42. The predicted octanol–water partition coefficient (Wildman–Crippen LogP) is 3.29. The lowest BCUT2D eigenvalue weighted by atomic mass is 10.1. The topological polar surface area (TPSA) is 43.8 Å². The van der Waals surface area contributed by atoms with Crippen LogP contribution in [-0.4, -0.2) is 21.1 Å². The molecule has 0 bridgehead atoms. The Kier molecular flexibility index (Phi) is 3.21. The van der Waals surface area contributed by atoms with Crippen molar-refractivity contribution in [1.82, 2.24) is 9.55 Å².